The molecule has 0 bridgehead atoms. The van der Waals surface area contributed by atoms with Crippen LogP contribution in [-0.4, -0.2) is 15.2 Å². The smallest absolute Gasteiger partial charge is 0.124 e. The first-order valence-electron chi connectivity index (χ1n) is 6.53. The van der Waals surface area contributed by atoms with Crippen molar-refractivity contribution in [1.82, 2.24) is 4.98 Å². The van der Waals surface area contributed by atoms with Gasteiger partial charge >= 0.3 is 0 Å². The summed E-state index contributed by atoms with van der Waals surface area (Å²) in [6.07, 6.45) is 1.25. The summed E-state index contributed by atoms with van der Waals surface area (Å²) in [5, 5.41) is 19.5. The van der Waals surface area contributed by atoms with E-state index in [1.54, 1.807) is 30.3 Å². The number of thiazole rings is 1. The van der Waals surface area contributed by atoms with Crippen LogP contribution in [0.15, 0.2) is 42.5 Å². The summed E-state index contributed by atoms with van der Waals surface area (Å²) in [6, 6.07) is 12.1. The van der Waals surface area contributed by atoms with Crippen LogP contribution < -0.4 is 0 Å². The van der Waals surface area contributed by atoms with Crippen molar-refractivity contribution >= 4 is 21.6 Å². The van der Waals surface area contributed by atoms with Gasteiger partial charge in [-0.3, -0.25) is 0 Å². The van der Waals surface area contributed by atoms with Gasteiger partial charge in [-0.2, -0.15) is 0 Å². The van der Waals surface area contributed by atoms with Gasteiger partial charge in [0, 0.05) is 5.56 Å². The quantitative estimate of drug-likeness (QED) is 0.676. The topological polar surface area (TPSA) is 53.4 Å². The van der Waals surface area contributed by atoms with Gasteiger partial charge in [-0.05, 0) is 42.5 Å². The highest BCUT2D eigenvalue weighted by atomic mass is 32.1. The minimum Gasteiger partial charge on any atom is -0.508 e. The third kappa shape index (κ3) is 3.27. The number of hydrogen-bond donors (Lipinski definition) is 2. The lowest BCUT2D eigenvalue weighted by Crippen LogP contribution is -1.74. The summed E-state index contributed by atoms with van der Waals surface area (Å²) in [5.41, 5.74) is 1.83. The van der Waals surface area contributed by atoms with Crippen LogP contribution in [-0.2, 0) is 0 Å². The van der Waals surface area contributed by atoms with Gasteiger partial charge in [0.1, 0.15) is 16.5 Å². The standard InChI is InChI=1S/C13H9NO2S.C3H8/c15-9-3-1-8(2-4-9)13-14-11-6-5-10(16)7-12(11)17-13;1-3-2/h1-7,15-16H;3H2,1-2H3. The largest absolute Gasteiger partial charge is 0.508 e. The molecule has 2 N–H and O–H groups in total. The zero-order valence-corrected chi connectivity index (χ0v) is 12.3. The van der Waals surface area contributed by atoms with Crippen molar-refractivity contribution in [2.75, 3.05) is 0 Å². The lowest BCUT2D eigenvalue weighted by Gasteiger charge is -1.95. The SMILES string of the molecule is CCC.Oc1ccc(-c2nc3ccc(O)cc3s2)cc1. The van der Waals surface area contributed by atoms with Crippen molar-refractivity contribution in [2.45, 2.75) is 20.3 Å². The molecule has 0 fully saturated rings. The Labute approximate surface area is 122 Å². The summed E-state index contributed by atoms with van der Waals surface area (Å²) in [6.45, 7) is 4.25. The molecule has 0 aliphatic heterocycles. The van der Waals surface area contributed by atoms with Crippen LogP contribution in [0.1, 0.15) is 20.3 Å². The van der Waals surface area contributed by atoms with E-state index >= 15 is 0 Å². The van der Waals surface area contributed by atoms with Gasteiger partial charge < -0.3 is 10.2 Å². The van der Waals surface area contributed by atoms with E-state index in [1.807, 2.05) is 12.1 Å². The number of phenols is 2. The van der Waals surface area contributed by atoms with E-state index in [1.165, 1.54) is 17.8 Å². The van der Waals surface area contributed by atoms with Crippen molar-refractivity contribution < 1.29 is 10.2 Å². The number of rotatable bonds is 1. The van der Waals surface area contributed by atoms with Crippen LogP contribution in [0.2, 0.25) is 0 Å². The Kier molecular flexibility index (Phi) is 4.58. The Bertz CT molecular complexity index is 689. The van der Waals surface area contributed by atoms with Crippen LogP contribution >= 0.6 is 11.3 Å². The molecule has 0 aliphatic rings. The average Bonchev–Trinajstić information content (AvgIpc) is 2.83. The highest BCUT2D eigenvalue weighted by Gasteiger charge is 2.06. The van der Waals surface area contributed by atoms with E-state index in [0.29, 0.717) is 0 Å². The molecule has 0 aliphatic carbocycles. The Balaban J connectivity index is 0.000000452. The molecule has 3 aromatic rings. The molecule has 0 amide bonds. The van der Waals surface area contributed by atoms with Crippen molar-refractivity contribution in [3.8, 4) is 22.1 Å². The number of aromatic nitrogens is 1. The van der Waals surface area contributed by atoms with E-state index < -0.39 is 0 Å². The Morgan fingerprint density at radius 3 is 2.20 bits per heavy atom. The maximum absolute atomic E-state index is 9.39. The Hall–Kier alpha value is -2.07. The fourth-order valence-corrected chi connectivity index (χ4v) is 2.64. The molecular weight excluding hydrogens is 270 g/mol. The number of nitrogens with zero attached hydrogens (tertiary/aromatic N) is 1. The molecule has 0 saturated carbocycles. The van der Waals surface area contributed by atoms with Gasteiger partial charge in [0.25, 0.3) is 0 Å². The molecule has 20 heavy (non-hydrogen) atoms. The van der Waals surface area contributed by atoms with E-state index in [4.69, 9.17) is 0 Å². The molecule has 0 unspecified atom stereocenters. The van der Waals surface area contributed by atoms with Crippen molar-refractivity contribution in [2.24, 2.45) is 0 Å². The molecule has 1 heterocycles. The second-order valence-corrected chi connectivity index (χ2v) is 5.46. The maximum atomic E-state index is 9.39. The predicted octanol–water partition coefficient (Wildman–Crippen LogP) is 4.79. The molecule has 0 atom stereocenters. The van der Waals surface area contributed by atoms with Crippen LogP contribution in [0.5, 0.6) is 11.5 Å². The highest BCUT2D eigenvalue weighted by molar-refractivity contribution is 7.21. The predicted molar refractivity (Wildman–Crippen MR) is 84.4 cm³/mol. The summed E-state index contributed by atoms with van der Waals surface area (Å²) in [5.74, 6) is 0.492. The first kappa shape index (κ1) is 14.3. The summed E-state index contributed by atoms with van der Waals surface area (Å²) in [7, 11) is 0. The number of aromatic hydroxyl groups is 2. The van der Waals surface area contributed by atoms with Crippen LogP contribution in [0.3, 0.4) is 0 Å². The first-order chi connectivity index (χ1) is 9.63. The average molecular weight is 287 g/mol. The number of benzene rings is 2. The minimum atomic E-state index is 0.243. The van der Waals surface area contributed by atoms with Crippen molar-refractivity contribution in [3.63, 3.8) is 0 Å². The number of fused-ring (bicyclic) bond motifs is 1. The van der Waals surface area contributed by atoms with E-state index in [-0.39, 0.29) is 11.5 Å². The van der Waals surface area contributed by atoms with Crippen LogP contribution in [0.4, 0.5) is 0 Å². The summed E-state index contributed by atoms with van der Waals surface area (Å²) in [4.78, 5) is 4.48. The lowest BCUT2D eigenvalue weighted by molar-refractivity contribution is 0.475. The second kappa shape index (κ2) is 6.39. The number of hydrogen-bond acceptors (Lipinski definition) is 4. The Morgan fingerprint density at radius 1 is 0.950 bits per heavy atom. The van der Waals surface area contributed by atoms with E-state index in [9.17, 15) is 10.2 Å². The molecule has 4 heteroatoms. The zero-order chi connectivity index (χ0) is 14.5. The highest BCUT2D eigenvalue weighted by Crippen LogP contribution is 2.32. The third-order valence-corrected chi connectivity index (χ3v) is 3.55. The molecule has 2 aromatic carbocycles. The maximum Gasteiger partial charge on any atom is 0.124 e. The molecule has 0 saturated heterocycles. The second-order valence-electron chi connectivity index (χ2n) is 4.43. The van der Waals surface area contributed by atoms with Crippen LogP contribution in [0.25, 0.3) is 20.8 Å². The van der Waals surface area contributed by atoms with Crippen molar-refractivity contribution in [1.29, 1.82) is 0 Å². The lowest BCUT2D eigenvalue weighted by atomic mass is 10.2. The fraction of sp³-hybridized carbons (Fsp3) is 0.188. The van der Waals surface area contributed by atoms with Gasteiger partial charge in [0.15, 0.2) is 0 Å². The van der Waals surface area contributed by atoms with E-state index in [2.05, 4.69) is 18.8 Å². The molecule has 0 radical (unpaired) electrons. The van der Waals surface area contributed by atoms with Gasteiger partial charge in [-0.25, -0.2) is 4.98 Å². The zero-order valence-electron chi connectivity index (χ0n) is 11.5. The van der Waals surface area contributed by atoms with Gasteiger partial charge in [0.2, 0.25) is 0 Å². The van der Waals surface area contributed by atoms with Gasteiger partial charge in [-0.1, -0.05) is 20.3 Å². The number of phenolic OH excluding ortho intramolecular Hbond substituents is 2. The summed E-state index contributed by atoms with van der Waals surface area (Å²) < 4.78 is 0.952. The third-order valence-electron chi connectivity index (χ3n) is 2.49. The van der Waals surface area contributed by atoms with Gasteiger partial charge in [0.05, 0.1) is 10.2 Å². The molecule has 104 valence electrons. The first-order valence-corrected chi connectivity index (χ1v) is 7.34. The minimum absolute atomic E-state index is 0.243. The molecular formula is C16H17NO2S. The van der Waals surface area contributed by atoms with Crippen LogP contribution in [0, 0.1) is 0 Å². The molecule has 3 nitrogen and oxygen atoms in total. The molecule has 0 spiro atoms. The van der Waals surface area contributed by atoms with Crippen molar-refractivity contribution in [3.05, 3.63) is 42.5 Å². The Morgan fingerprint density at radius 2 is 1.55 bits per heavy atom. The molecule has 3 rings (SSSR count). The summed E-state index contributed by atoms with van der Waals surface area (Å²) >= 11 is 1.52. The molecule has 1 aromatic heterocycles. The normalized spacial score (nSPS) is 10.1. The van der Waals surface area contributed by atoms with E-state index in [0.717, 1.165) is 20.8 Å². The monoisotopic (exact) mass is 287 g/mol. The fourth-order valence-electron chi connectivity index (χ4n) is 1.64. The van der Waals surface area contributed by atoms with Gasteiger partial charge in [-0.15, -0.1) is 11.3 Å².